The van der Waals surface area contributed by atoms with E-state index in [2.05, 4.69) is 22.0 Å². The highest BCUT2D eigenvalue weighted by Crippen LogP contribution is 2.42. The number of benzene rings is 2. The summed E-state index contributed by atoms with van der Waals surface area (Å²) in [4.78, 5) is 26.8. The van der Waals surface area contributed by atoms with Crippen molar-refractivity contribution in [3.63, 3.8) is 0 Å². The number of thiophene rings is 1. The van der Waals surface area contributed by atoms with Crippen LogP contribution in [0, 0.1) is 24.1 Å². The number of hydrogen-bond donors (Lipinski definition) is 3. The van der Waals surface area contributed by atoms with Crippen molar-refractivity contribution >= 4 is 46.3 Å². The molecule has 0 radical (unpaired) electrons. The third-order valence-corrected chi connectivity index (χ3v) is 7.52. The summed E-state index contributed by atoms with van der Waals surface area (Å²) in [6.07, 6.45) is 0. The minimum atomic E-state index is -0.575. The summed E-state index contributed by atoms with van der Waals surface area (Å²) < 4.78 is 13.4. The lowest BCUT2D eigenvalue weighted by molar-refractivity contribution is -0.114. The zero-order valence-corrected chi connectivity index (χ0v) is 21.2. The third-order valence-electron chi connectivity index (χ3n) is 5.57. The standard InChI is InChI=1S/C27H23FN4O2S2/c1-16-7-3-4-10-21(16)32-26(34)24-17(2)30-27(20(14-29)25(24)22-11-6-12-35-22)36-15-23(33)31-19-9-5-8-18(28)13-19/h3-13,25,30H,15H2,1-2H3,(H,31,33)(H,32,34). The number of nitrogens with zero attached hydrogens (tertiary/aromatic N) is 1. The van der Waals surface area contributed by atoms with Crippen molar-refractivity contribution in [1.29, 1.82) is 5.26 Å². The summed E-state index contributed by atoms with van der Waals surface area (Å²) in [7, 11) is 0. The first-order valence-electron chi connectivity index (χ1n) is 11.1. The van der Waals surface area contributed by atoms with Crippen LogP contribution < -0.4 is 16.0 Å². The molecule has 1 atom stereocenters. The minimum absolute atomic E-state index is 0.000787. The Kier molecular flexibility index (Phi) is 7.88. The number of para-hydroxylation sites is 1. The highest BCUT2D eigenvalue weighted by molar-refractivity contribution is 8.03. The first-order chi connectivity index (χ1) is 17.4. The highest BCUT2D eigenvalue weighted by Gasteiger charge is 2.35. The van der Waals surface area contributed by atoms with Gasteiger partial charge in [-0.3, -0.25) is 9.59 Å². The molecular formula is C27H23FN4O2S2. The Morgan fingerprint density at radius 2 is 1.92 bits per heavy atom. The summed E-state index contributed by atoms with van der Waals surface area (Å²) in [6, 6.07) is 19.2. The van der Waals surface area contributed by atoms with Crippen LogP contribution in [0.5, 0.6) is 0 Å². The second-order valence-electron chi connectivity index (χ2n) is 8.08. The molecule has 9 heteroatoms. The minimum Gasteiger partial charge on any atom is -0.353 e. The van der Waals surface area contributed by atoms with Crippen molar-refractivity contribution in [2.24, 2.45) is 0 Å². The zero-order chi connectivity index (χ0) is 25.7. The number of carbonyl (C=O) groups excluding carboxylic acids is 2. The quantitative estimate of drug-likeness (QED) is 0.362. The van der Waals surface area contributed by atoms with Crippen LogP contribution in [0.1, 0.15) is 23.3 Å². The van der Waals surface area contributed by atoms with Crippen molar-refractivity contribution in [2.45, 2.75) is 19.8 Å². The Bertz CT molecular complexity index is 1410. The van der Waals surface area contributed by atoms with Gasteiger partial charge in [0.25, 0.3) is 5.91 Å². The van der Waals surface area contributed by atoms with E-state index in [0.29, 0.717) is 33.2 Å². The van der Waals surface area contributed by atoms with Gasteiger partial charge in [-0.25, -0.2) is 4.39 Å². The maximum Gasteiger partial charge on any atom is 0.254 e. The summed E-state index contributed by atoms with van der Waals surface area (Å²) in [5, 5.41) is 21.3. The molecule has 182 valence electrons. The van der Waals surface area contributed by atoms with Gasteiger partial charge in [-0.15, -0.1) is 11.3 Å². The highest BCUT2D eigenvalue weighted by atomic mass is 32.2. The van der Waals surface area contributed by atoms with Crippen LogP contribution in [0.15, 0.2) is 87.9 Å². The van der Waals surface area contributed by atoms with E-state index in [0.717, 1.165) is 10.4 Å². The normalized spacial score (nSPS) is 15.2. The van der Waals surface area contributed by atoms with Crippen LogP contribution in [0.2, 0.25) is 0 Å². The summed E-state index contributed by atoms with van der Waals surface area (Å²) >= 11 is 2.63. The molecule has 3 N–H and O–H groups in total. The number of amides is 2. The molecule has 4 rings (SSSR count). The van der Waals surface area contributed by atoms with Crippen LogP contribution in [0.25, 0.3) is 0 Å². The molecule has 2 heterocycles. The number of allylic oxidation sites excluding steroid dienone is 2. The van der Waals surface area contributed by atoms with E-state index in [1.165, 1.54) is 41.3 Å². The van der Waals surface area contributed by atoms with Gasteiger partial charge in [-0.05, 0) is 55.1 Å². The van der Waals surface area contributed by atoms with Gasteiger partial charge in [-0.1, -0.05) is 42.1 Å². The Morgan fingerprint density at radius 1 is 1.11 bits per heavy atom. The smallest absolute Gasteiger partial charge is 0.254 e. The lowest BCUT2D eigenvalue weighted by atomic mass is 9.86. The molecular weight excluding hydrogens is 495 g/mol. The Labute approximate surface area is 216 Å². The van der Waals surface area contributed by atoms with E-state index in [1.807, 2.05) is 48.7 Å². The second kappa shape index (κ2) is 11.2. The maximum atomic E-state index is 13.5. The zero-order valence-electron chi connectivity index (χ0n) is 19.6. The molecule has 2 aromatic carbocycles. The van der Waals surface area contributed by atoms with Crippen molar-refractivity contribution in [1.82, 2.24) is 5.32 Å². The first kappa shape index (κ1) is 25.2. The van der Waals surface area contributed by atoms with E-state index in [9.17, 15) is 19.2 Å². The fourth-order valence-electron chi connectivity index (χ4n) is 3.87. The van der Waals surface area contributed by atoms with Gasteiger partial charge in [0, 0.05) is 27.5 Å². The molecule has 1 aromatic heterocycles. The summed E-state index contributed by atoms with van der Waals surface area (Å²) in [5.74, 6) is -1.66. The Morgan fingerprint density at radius 3 is 2.61 bits per heavy atom. The monoisotopic (exact) mass is 518 g/mol. The lowest BCUT2D eigenvalue weighted by Gasteiger charge is -2.29. The van der Waals surface area contributed by atoms with Crippen molar-refractivity contribution < 1.29 is 14.0 Å². The number of dihydropyridines is 1. The van der Waals surface area contributed by atoms with Gasteiger partial charge in [0.15, 0.2) is 0 Å². The maximum absolute atomic E-state index is 13.5. The van der Waals surface area contributed by atoms with Crippen LogP contribution in [0.4, 0.5) is 15.8 Å². The van der Waals surface area contributed by atoms with E-state index in [1.54, 1.807) is 13.0 Å². The second-order valence-corrected chi connectivity index (χ2v) is 10.0. The molecule has 1 aliphatic rings. The molecule has 0 saturated heterocycles. The fourth-order valence-corrected chi connectivity index (χ4v) is 5.61. The van der Waals surface area contributed by atoms with E-state index >= 15 is 0 Å². The number of carbonyl (C=O) groups is 2. The third kappa shape index (κ3) is 5.67. The van der Waals surface area contributed by atoms with Gasteiger partial charge in [0.05, 0.1) is 28.3 Å². The van der Waals surface area contributed by atoms with Crippen molar-refractivity contribution in [3.05, 3.63) is 104 Å². The molecule has 3 aromatic rings. The molecule has 1 unspecified atom stereocenters. The molecule has 0 fully saturated rings. The van der Waals surface area contributed by atoms with Gasteiger partial charge in [0.2, 0.25) is 5.91 Å². The van der Waals surface area contributed by atoms with Gasteiger partial charge >= 0.3 is 0 Å². The predicted octanol–water partition coefficient (Wildman–Crippen LogP) is 5.90. The fraction of sp³-hybridized carbons (Fsp3) is 0.148. The number of nitrogens with one attached hydrogen (secondary N) is 3. The first-order valence-corrected chi connectivity index (χ1v) is 12.9. The number of anilines is 2. The van der Waals surface area contributed by atoms with Crippen molar-refractivity contribution in [2.75, 3.05) is 16.4 Å². The van der Waals surface area contributed by atoms with E-state index in [4.69, 9.17) is 0 Å². The molecule has 0 bridgehead atoms. The molecule has 0 aliphatic carbocycles. The lowest BCUT2D eigenvalue weighted by Crippen LogP contribution is -2.31. The molecule has 1 aliphatic heterocycles. The molecule has 0 spiro atoms. The topological polar surface area (TPSA) is 94.0 Å². The average Bonchev–Trinajstić information content (AvgIpc) is 3.38. The average molecular weight is 519 g/mol. The Balaban J connectivity index is 1.59. The summed E-state index contributed by atoms with van der Waals surface area (Å²) in [6.45, 7) is 3.70. The number of thioether (sulfide) groups is 1. The Hall–Kier alpha value is -3.87. The number of nitriles is 1. The van der Waals surface area contributed by atoms with E-state index in [-0.39, 0.29) is 17.6 Å². The number of aryl methyl sites for hydroxylation is 1. The molecule has 2 amide bonds. The van der Waals surface area contributed by atoms with Gasteiger partial charge in [0.1, 0.15) is 5.82 Å². The number of rotatable bonds is 7. The largest absolute Gasteiger partial charge is 0.353 e. The van der Waals surface area contributed by atoms with E-state index < -0.39 is 11.7 Å². The van der Waals surface area contributed by atoms with Crippen LogP contribution in [-0.2, 0) is 9.59 Å². The number of hydrogen-bond acceptors (Lipinski definition) is 6. The molecule has 0 saturated carbocycles. The van der Waals surface area contributed by atoms with Gasteiger partial charge in [-0.2, -0.15) is 5.26 Å². The molecule has 6 nitrogen and oxygen atoms in total. The number of halogens is 1. The molecule has 36 heavy (non-hydrogen) atoms. The summed E-state index contributed by atoms with van der Waals surface area (Å²) in [5.41, 5.74) is 3.40. The SMILES string of the molecule is CC1=C(C(=O)Nc2ccccc2C)C(c2cccs2)C(C#N)=C(SCC(=O)Nc2cccc(F)c2)N1. The van der Waals surface area contributed by atoms with Crippen molar-refractivity contribution in [3.8, 4) is 6.07 Å². The predicted molar refractivity (Wildman–Crippen MR) is 143 cm³/mol. The van der Waals surface area contributed by atoms with Gasteiger partial charge < -0.3 is 16.0 Å². The van der Waals surface area contributed by atoms with Crippen LogP contribution in [-0.4, -0.2) is 17.6 Å². The van der Waals surface area contributed by atoms with Crippen LogP contribution in [0.3, 0.4) is 0 Å². The van der Waals surface area contributed by atoms with Crippen LogP contribution >= 0.6 is 23.1 Å².